The zero-order valence-corrected chi connectivity index (χ0v) is 25.4. The van der Waals surface area contributed by atoms with Gasteiger partial charge in [0.2, 0.25) is 0 Å². The molecular formula is C27H45Cl2NO8. The van der Waals surface area contributed by atoms with Crippen molar-refractivity contribution in [3.8, 4) is 0 Å². The Morgan fingerprint density at radius 3 is 2.24 bits per heavy atom. The molecule has 1 aliphatic heterocycles. The van der Waals surface area contributed by atoms with Crippen molar-refractivity contribution in [2.45, 2.75) is 102 Å². The summed E-state index contributed by atoms with van der Waals surface area (Å²) in [4.78, 5) is 41.3. The van der Waals surface area contributed by atoms with E-state index in [1.165, 1.54) is 19.9 Å². The molecule has 2 N–H and O–H groups in total. The van der Waals surface area contributed by atoms with Crippen molar-refractivity contribution in [3.63, 3.8) is 0 Å². The van der Waals surface area contributed by atoms with E-state index in [0.29, 0.717) is 19.4 Å². The number of carbonyl (C=O) groups is 3. The van der Waals surface area contributed by atoms with Gasteiger partial charge in [0.15, 0.2) is 17.5 Å². The first-order valence-electron chi connectivity index (χ1n) is 12.7. The van der Waals surface area contributed by atoms with Crippen LogP contribution in [0.15, 0.2) is 12.7 Å². The second-order valence-electron chi connectivity index (χ2n) is 12.4. The number of hydrogen-bond acceptors (Lipinski definition) is 9. The second-order valence-corrected chi connectivity index (χ2v) is 12.4. The van der Waals surface area contributed by atoms with Gasteiger partial charge in [0.25, 0.3) is 0 Å². The summed E-state index contributed by atoms with van der Waals surface area (Å²) in [5.41, 5.74) is -7.31. The number of nitrogens with zero attached hydrogens (tertiary/aromatic N) is 1. The van der Waals surface area contributed by atoms with Crippen LogP contribution in [0.5, 0.6) is 0 Å². The molecule has 2 aliphatic carbocycles. The highest BCUT2D eigenvalue weighted by molar-refractivity contribution is 5.92. The summed E-state index contributed by atoms with van der Waals surface area (Å²) >= 11 is 0. The Morgan fingerprint density at radius 1 is 1.16 bits per heavy atom. The molecule has 3 rings (SSSR count). The van der Waals surface area contributed by atoms with Crippen LogP contribution in [-0.4, -0.2) is 88.6 Å². The number of ether oxygens (including phenoxy) is 3. The third-order valence-corrected chi connectivity index (χ3v) is 9.03. The maximum Gasteiger partial charge on any atom is 0.307 e. The van der Waals surface area contributed by atoms with Gasteiger partial charge in [-0.2, -0.15) is 0 Å². The fourth-order valence-electron chi connectivity index (χ4n) is 7.27. The summed E-state index contributed by atoms with van der Waals surface area (Å²) < 4.78 is 18.4. The van der Waals surface area contributed by atoms with Gasteiger partial charge in [0.05, 0.1) is 18.1 Å². The molecule has 0 aromatic rings. The summed E-state index contributed by atoms with van der Waals surface area (Å²) in [7, 11) is 3.68. The van der Waals surface area contributed by atoms with E-state index >= 15 is 0 Å². The van der Waals surface area contributed by atoms with Gasteiger partial charge in [-0.05, 0) is 46.2 Å². The van der Waals surface area contributed by atoms with E-state index in [2.05, 4.69) is 6.58 Å². The zero-order valence-electron chi connectivity index (χ0n) is 23.7. The van der Waals surface area contributed by atoms with Crippen molar-refractivity contribution in [2.24, 2.45) is 16.7 Å². The highest BCUT2D eigenvalue weighted by atomic mass is 35.5. The predicted molar refractivity (Wildman–Crippen MR) is 146 cm³/mol. The molecule has 0 bridgehead atoms. The maximum absolute atomic E-state index is 13.9. The van der Waals surface area contributed by atoms with Crippen molar-refractivity contribution in [3.05, 3.63) is 12.7 Å². The fraction of sp³-hybridized carbons (Fsp3) is 0.815. The lowest BCUT2D eigenvalue weighted by molar-refractivity contribution is -0.371. The Bertz CT molecular complexity index is 944. The minimum absolute atomic E-state index is 0. The van der Waals surface area contributed by atoms with Gasteiger partial charge in [0, 0.05) is 31.2 Å². The van der Waals surface area contributed by atoms with Crippen LogP contribution in [0.2, 0.25) is 0 Å². The molecule has 1 saturated heterocycles. The minimum Gasteiger partial charge on any atom is -0.458 e. The first-order valence-corrected chi connectivity index (χ1v) is 12.7. The zero-order chi connectivity index (χ0) is 27.5. The molecule has 0 amide bonds. The lowest BCUT2D eigenvalue weighted by atomic mass is 9.39. The number of fused-ring (bicyclic) bond motifs is 3. The molecule has 11 heteroatoms. The van der Waals surface area contributed by atoms with Crippen LogP contribution < -0.4 is 0 Å². The Morgan fingerprint density at radius 2 is 1.74 bits per heavy atom. The van der Waals surface area contributed by atoms with Crippen LogP contribution in [0.4, 0.5) is 0 Å². The molecule has 220 valence electrons. The van der Waals surface area contributed by atoms with Crippen molar-refractivity contribution < 1.29 is 38.8 Å². The largest absolute Gasteiger partial charge is 0.458 e. The van der Waals surface area contributed by atoms with Crippen molar-refractivity contribution in [1.29, 1.82) is 0 Å². The molecule has 0 spiro atoms. The van der Waals surface area contributed by atoms with E-state index in [9.17, 15) is 24.6 Å². The fourth-order valence-corrected chi connectivity index (χ4v) is 7.27. The highest BCUT2D eigenvalue weighted by Crippen LogP contribution is 2.67. The van der Waals surface area contributed by atoms with Gasteiger partial charge < -0.3 is 29.3 Å². The third-order valence-electron chi connectivity index (χ3n) is 9.03. The van der Waals surface area contributed by atoms with Crippen molar-refractivity contribution in [1.82, 2.24) is 4.90 Å². The van der Waals surface area contributed by atoms with Crippen LogP contribution in [0.25, 0.3) is 0 Å². The van der Waals surface area contributed by atoms with Crippen molar-refractivity contribution in [2.75, 3.05) is 20.6 Å². The summed E-state index contributed by atoms with van der Waals surface area (Å²) in [6.45, 7) is 14.2. The molecule has 0 aromatic carbocycles. The predicted octanol–water partition coefficient (Wildman–Crippen LogP) is 2.87. The first kappa shape index (κ1) is 34.8. The van der Waals surface area contributed by atoms with E-state index < -0.39 is 69.6 Å². The number of aliphatic hydroxyl groups is 2. The quantitative estimate of drug-likeness (QED) is 0.360. The molecule has 0 unspecified atom stereocenters. The van der Waals surface area contributed by atoms with Crippen LogP contribution in [0.1, 0.15) is 67.2 Å². The topological polar surface area (TPSA) is 123 Å². The Hall–Kier alpha value is -1.23. The molecule has 0 aromatic heterocycles. The Labute approximate surface area is 238 Å². The van der Waals surface area contributed by atoms with Gasteiger partial charge in [-0.3, -0.25) is 14.4 Å². The number of hydrogen-bond donors (Lipinski definition) is 2. The summed E-state index contributed by atoms with van der Waals surface area (Å²) in [6.07, 6.45) is -1.19. The van der Waals surface area contributed by atoms with Crippen LogP contribution in [-0.2, 0) is 28.6 Å². The number of carbonyl (C=O) groups excluding carboxylic acids is 3. The van der Waals surface area contributed by atoms with E-state index in [1.54, 1.807) is 13.8 Å². The molecule has 9 nitrogen and oxygen atoms in total. The van der Waals surface area contributed by atoms with Gasteiger partial charge in [-0.1, -0.05) is 26.8 Å². The molecule has 3 fully saturated rings. The Balaban J connectivity index is 0.00000361. The summed E-state index contributed by atoms with van der Waals surface area (Å²) in [5.74, 6) is -2.43. The third kappa shape index (κ3) is 5.15. The van der Waals surface area contributed by atoms with Crippen LogP contribution >= 0.6 is 24.8 Å². The molecule has 38 heavy (non-hydrogen) atoms. The summed E-state index contributed by atoms with van der Waals surface area (Å²) in [6, 6.07) is 0. The number of rotatable bonds is 6. The van der Waals surface area contributed by atoms with Gasteiger partial charge >= 0.3 is 11.9 Å². The highest BCUT2D eigenvalue weighted by Gasteiger charge is 2.82. The van der Waals surface area contributed by atoms with Gasteiger partial charge in [0.1, 0.15) is 11.7 Å². The number of ketones is 1. The Kier molecular flexibility index (Phi) is 10.4. The van der Waals surface area contributed by atoms with Crippen LogP contribution in [0.3, 0.4) is 0 Å². The van der Waals surface area contributed by atoms with Gasteiger partial charge in [-0.15, -0.1) is 31.4 Å². The van der Waals surface area contributed by atoms with E-state index in [-0.39, 0.29) is 37.7 Å². The molecule has 2 saturated carbocycles. The monoisotopic (exact) mass is 581 g/mol. The van der Waals surface area contributed by atoms with Crippen LogP contribution in [0, 0.1) is 16.7 Å². The molecule has 0 radical (unpaired) electrons. The second kappa shape index (κ2) is 11.3. The van der Waals surface area contributed by atoms with E-state index in [0.717, 1.165) is 0 Å². The standard InChI is InChI=1S/C27H43NO8.2ClH/c1-10-24(5)15-18(31)27(33)25(6)17(30)11-13-23(3,4)21(25)20(35-19(32)12-14-28(8)9)22(34-16(2)29)26(27,7)36-24;;/h10,17,20-22,30,33H,1,11-15H2,2-9H3;2*1H/t17-,20-,21-,22-,24-,25-,26+,27-;;/m0../s1. The average molecular weight is 583 g/mol. The number of Topliss-reactive ketones (excluding diaryl/α,β-unsaturated/α-hetero) is 1. The molecular weight excluding hydrogens is 537 g/mol. The van der Waals surface area contributed by atoms with Gasteiger partial charge in [-0.25, -0.2) is 0 Å². The van der Waals surface area contributed by atoms with E-state index in [4.69, 9.17) is 14.2 Å². The molecule has 3 aliphatic rings. The molecule has 1 heterocycles. The number of aliphatic hydroxyl groups excluding tert-OH is 1. The number of esters is 2. The lowest BCUT2D eigenvalue weighted by Gasteiger charge is -2.71. The lowest BCUT2D eigenvalue weighted by Crippen LogP contribution is -2.87. The SMILES string of the molecule is C=C[C@@]1(C)CC(=O)[C@]2(O)[C@@]3(C)[C@@H](O)CCC(C)(C)[C@@H]3[C@H](OC(=O)CCN(C)C)[C@H](OC(C)=O)[C@@]2(C)O1.Cl.Cl. The molecule has 8 atom stereocenters. The minimum atomic E-state index is -2.24. The first-order chi connectivity index (χ1) is 16.4. The maximum atomic E-state index is 13.9. The van der Waals surface area contributed by atoms with E-state index in [1.807, 2.05) is 32.8 Å². The number of halogens is 2. The van der Waals surface area contributed by atoms with Crippen molar-refractivity contribution >= 4 is 42.5 Å². The average Bonchev–Trinajstić information content (AvgIpc) is 2.75. The smallest absolute Gasteiger partial charge is 0.307 e. The normalized spacial score (nSPS) is 41.5. The summed E-state index contributed by atoms with van der Waals surface area (Å²) in [5, 5.41) is 24.0.